The smallest absolute Gasteiger partial charge is 0.259 e. The van der Waals surface area contributed by atoms with Crippen molar-refractivity contribution >= 4 is 11.6 Å². The lowest BCUT2D eigenvalue weighted by Crippen LogP contribution is -2.36. The Kier molecular flexibility index (Phi) is 2.73. The Morgan fingerprint density at radius 2 is 2.48 bits per heavy atom. The van der Waals surface area contributed by atoms with Gasteiger partial charge in [0.2, 0.25) is 0 Å². The highest BCUT2D eigenvalue weighted by Gasteiger charge is 2.51. The molecule has 1 amide bonds. The molecule has 0 aliphatic carbocycles. The zero-order valence-electron chi connectivity index (χ0n) is 11.5. The molecule has 110 valence electrons. The number of likely N-dealkylation sites (tertiary alicyclic amines) is 1. The SMILES string of the molecule is O=C(c1cnn2cccnc12)N1C[C@H]2COC[C@@]2(CO)C1. The second-order valence-electron chi connectivity index (χ2n) is 5.86. The number of aliphatic hydroxyl groups excluding tert-OH is 1. The van der Waals surface area contributed by atoms with Gasteiger partial charge < -0.3 is 14.7 Å². The van der Waals surface area contributed by atoms with Crippen molar-refractivity contribution in [3.63, 3.8) is 0 Å². The summed E-state index contributed by atoms with van der Waals surface area (Å²) in [7, 11) is 0. The van der Waals surface area contributed by atoms with Crippen LogP contribution in [0.3, 0.4) is 0 Å². The van der Waals surface area contributed by atoms with Crippen molar-refractivity contribution < 1.29 is 14.6 Å². The van der Waals surface area contributed by atoms with E-state index in [1.807, 2.05) is 0 Å². The normalized spacial score (nSPS) is 28.2. The lowest BCUT2D eigenvalue weighted by Gasteiger charge is -2.24. The Morgan fingerprint density at radius 1 is 1.57 bits per heavy atom. The summed E-state index contributed by atoms with van der Waals surface area (Å²) in [5.74, 6) is 0.132. The summed E-state index contributed by atoms with van der Waals surface area (Å²) in [5, 5.41) is 13.8. The van der Waals surface area contributed by atoms with Crippen molar-refractivity contribution in [2.75, 3.05) is 32.9 Å². The average molecular weight is 288 g/mol. The van der Waals surface area contributed by atoms with E-state index in [2.05, 4.69) is 10.1 Å². The number of aromatic nitrogens is 3. The summed E-state index contributed by atoms with van der Waals surface area (Å²) in [6, 6.07) is 1.77. The first-order chi connectivity index (χ1) is 10.2. The second-order valence-corrected chi connectivity index (χ2v) is 5.86. The Labute approximate surface area is 121 Å². The van der Waals surface area contributed by atoms with Crippen molar-refractivity contribution in [1.82, 2.24) is 19.5 Å². The van der Waals surface area contributed by atoms with Gasteiger partial charge >= 0.3 is 0 Å². The average Bonchev–Trinajstić information content (AvgIpc) is 3.18. The summed E-state index contributed by atoms with van der Waals surface area (Å²) in [6.45, 7) is 2.32. The fraction of sp³-hybridized carbons (Fsp3) is 0.500. The first-order valence-electron chi connectivity index (χ1n) is 7.00. The quantitative estimate of drug-likeness (QED) is 0.828. The van der Waals surface area contributed by atoms with Crippen LogP contribution in [0.4, 0.5) is 0 Å². The molecule has 0 saturated carbocycles. The second kappa shape index (κ2) is 4.51. The van der Waals surface area contributed by atoms with E-state index < -0.39 is 0 Å². The van der Waals surface area contributed by atoms with E-state index in [1.165, 1.54) is 0 Å². The minimum absolute atomic E-state index is 0.0501. The van der Waals surface area contributed by atoms with Crippen molar-refractivity contribution in [1.29, 1.82) is 0 Å². The van der Waals surface area contributed by atoms with E-state index in [4.69, 9.17) is 4.74 Å². The first kappa shape index (κ1) is 12.7. The third-order valence-electron chi connectivity index (χ3n) is 4.63. The molecule has 21 heavy (non-hydrogen) atoms. The molecule has 2 aliphatic heterocycles. The minimum atomic E-state index is -0.300. The van der Waals surface area contributed by atoms with Crippen LogP contribution in [0.15, 0.2) is 24.7 Å². The maximum Gasteiger partial charge on any atom is 0.259 e. The molecule has 2 fully saturated rings. The van der Waals surface area contributed by atoms with Crippen molar-refractivity contribution in [2.24, 2.45) is 11.3 Å². The van der Waals surface area contributed by atoms with Gasteiger partial charge in [-0.1, -0.05) is 0 Å². The van der Waals surface area contributed by atoms with Gasteiger partial charge in [-0.25, -0.2) is 9.50 Å². The number of carbonyl (C=O) groups is 1. The largest absolute Gasteiger partial charge is 0.396 e. The van der Waals surface area contributed by atoms with Gasteiger partial charge in [-0.3, -0.25) is 4.79 Å². The van der Waals surface area contributed by atoms with E-state index >= 15 is 0 Å². The molecule has 0 radical (unpaired) electrons. The predicted octanol–water partition coefficient (Wildman–Crippen LogP) is -0.190. The Balaban J connectivity index is 1.64. The molecule has 0 bridgehead atoms. The molecule has 0 unspecified atom stereocenters. The lowest BCUT2D eigenvalue weighted by molar-refractivity contribution is 0.0632. The van der Waals surface area contributed by atoms with Crippen LogP contribution in [0.5, 0.6) is 0 Å². The van der Waals surface area contributed by atoms with Gasteiger partial charge in [0.25, 0.3) is 5.91 Å². The van der Waals surface area contributed by atoms with Crippen LogP contribution in [0.2, 0.25) is 0 Å². The molecule has 2 aromatic rings. The summed E-state index contributed by atoms with van der Waals surface area (Å²) in [4.78, 5) is 18.7. The van der Waals surface area contributed by atoms with E-state index in [0.717, 1.165) is 0 Å². The summed E-state index contributed by atoms with van der Waals surface area (Å²) in [6.07, 6.45) is 4.97. The van der Waals surface area contributed by atoms with Gasteiger partial charge in [0.15, 0.2) is 5.65 Å². The fourth-order valence-electron chi connectivity index (χ4n) is 3.36. The number of nitrogens with zero attached hydrogens (tertiary/aromatic N) is 4. The van der Waals surface area contributed by atoms with Crippen molar-refractivity contribution in [3.05, 3.63) is 30.2 Å². The zero-order valence-corrected chi connectivity index (χ0v) is 11.5. The van der Waals surface area contributed by atoms with Crippen LogP contribution in [0, 0.1) is 11.3 Å². The molecule has 4 heterocycles. The van der Waals surface area contributed by atoms with E-state index in [9.17, 15) is 9.90 Å². The van der Waals surface area contributed by atoms with Crippen LogP contribution in [0.25, 0.3) is 5.65 Å². The van der Waals surface area contributed by atoms with Crippen LogP contribution < -0.4 is 0 Å². The third kappa shape index (κ3) is 1.77. The van der Waals surface area contributed by atoms with E-state index in [-0.39, 0.29) is 23.8 Å². The van der Waals surface area contributed by atoms with Crippen LogP contribution >= 0.6 is 0 Å². The van der Waals surface area contributed by atoms with E-state index in [1.54, 1.807) is 34.1 Å². The van der Waals surface area contributed by atoms with Gasteiger partial charge in [0.1, 0.15) is 5.56 Å². The molecule has 2 saturated heterocycles. The van der Waals surface area contributed by atoms with Gasteiger partial charge in [-0.15, -0.1) is 0 Å². The van der Waals surface area contributed by atoms with Crippen molar-refractivity contribution in [2.45, 2.75) is 0 Å². The number of amides is 1. The minimum Gasteiger partial charge on any atom is -0.396 e. The molecule has 7 heteroatoms. The lowest BCUT2D eigenvalue weighted by atomic mass is 9.82. The molecule has 7 nitrogen and oxygen atoms in total. The number of hydrogen-bond acceptors (Lipinski definition) is 5. The zero-order chi connectivity index (χ0) is 14.4. The summed E-state index contributed by atoms with van der Waals surface area (Å²) >= 11 is 0. The van der Waals surface area contributed by atoms with Gasteiger partial charge in [0.05, 0.1) is 26.0 Å². The van der Waals surface area contributed by atoms with Crippen molar-refractivity contribution in [3.8, 4) is 0 Å². The molecule has 0 aromatic carbocycles. The van der Waals surface area contributed by atoms with Crippen LogP contribution in [-0.2, 0) is 4.74 Å². The van der Waals surface area contributed by atoms with E-state index in [0.29, 0.717) is 37.5 Å². The molecule has 1 N–H and O–H groups in total. The van der Waals surface area contributed by atoms with Gasteiger partial charge in [0, 0.05) is 36.8 Å². The molecular weight excluding hydrogens is 272 g/mol. The number of fused-ring (bicyclic) bond motifs is 2. The molecule has 2 atom stereocenters. The first-order valence-corrected chi connectivity index (χ1v) is 7.00. The number of rotatable bonds is 2. The standard InChI is InChI=1S/C14H16N4O3/c19-8-14-7-17(5-10(14)6-21-9-14)13(20)11-4-16-18-3-1-2-15-12(11)18/h1-4,10,19H,5-9H2/t10-,14-/m0/s1. The maximum absolute atomic E-state index is 12.7. The fourth-order valence-corrected chi connectivity index (χ4v) is 3.36. The maximum atomic E-state index is 12.7. The third-order valence-corrected chi connectivity index (χ3v) is 4.63. The number of aliphatic hydroxyl groups is 1. The van der Waals surface area contributed by atoms with Crippen LogP contribution in [0.1, 0.15) is 10.4 Å². The Morgan fingerprint density at radius 3 is 3.29 bits per heavy atom. The number of carbonyl (C=O) groups excluding carboxylic acids is 1. The Hall–Kier alpha value is -1.99. The molecular formula is C14H16N4O3. The highest BCUT2D eigenvalue weighted by atomic mass is 16.5. The molecule has 0 spiro atoms. The van der Waals surface area contributed by atoms with Gasteiger partial charge in [-0.2, -0.15) is 5.10 Å². The molecule has 4 rings (SSSR count). The summed E-state index contributed by atoms with van der Waals surface area (Å²) < 4.78 is 7.06. The number of hydrogen-bond donors (Lipinski definition) is 1. The summed E-state index contributed by atoms with van der Waals surface area (Å²) in [5.41, 5.74) is 0.768. The monoisotopic (exact) mass is 288 g/mol. The predicted molar refractivity (Wildman–Crippen MR) is 72.7 cm³/mol. The number of ether oxygens (including phenoxy) is 1. The van der Waals surface area contributed by atoms with Gasteiger partial charge in [-0.05, 0) is 6.07 Å². The molecule has 2 aromatic heterocycles. The van der Waals surface area contributed by atoms with Crippen LogP contribution in [-0.4, -0.2) is 63.4 Å². The molecule has 2 aliphatic rings. The topological polar surface area (TPSA) is 80.0 Å². The Bertz CT molecular complexity index is 700. The highest BCUT2D eigenvalue weighted by molar-refractivity contribution is 5.99. The highest BCUT2D eigenvalue weighted by Crippen LogP contribution is 2.41.